The second kappa shape index (κ2) is 5.91. The zero-order valence-electron chi connectivity index (χ0n) is 13.8. The summed E-state index contributed by atoms with van der Waals surface area (Å²) in [6.45, 7) is 8.66. The van der Waals surface area contributed by atoms with Gasteiger partial charge in [0.1, 0.15) is 31.1 Å². The number of fused-ring (bicyclic) bond motifs is 1. The van der Waals surface area contributed by atoms with E-state index >= 15 is 0 Å². The Kier molecular flexibility index (Phi) is 3.94. The predicted octanol–water partition coefficient (Wildman–Crippen LogP) is 2.50. The molecule has 23 heavy (non-hydrogen) atoms. The van der Waals surface area contributed by atoms with Crippen molar-refractivity contribution in [3.8, 4) is 5.75 Å². The van der Waals surface area contributed by atoms with Gasteiger partial charge in [-0.3, -0.25) is 0 Å². The fraction of sp³-hybridized carbons (Fsp3) is 0.438. The van der Waals surface area contributed by atoms with Gasteiger partial charge in [-0.05, 0) is 45.9 Å². The molecule has 0 saturated heterocycles. The van der Waals surface area contributed by atoms with E-state index in [-0.39, 0.29) is 11.6 Å². The highest BCUT2D eigenvalue weighted by atomic mass is 16.6. The summed E-state index contributed by atoms with van der Waals surface area (Å²) in [7, 11) is 0. The molecule has 0 unspecified atom stereocenters. The lowest BCUT2D eigenvalue weighted by Crippen LogP contribution is -2.41. The topological polar surface area (TPSA) is 73.6 Å². The molecule has 0 fully saturated rings. The van der Waals surface area contributed by atoms with Crippen LogP contribution in [0.2, 0.25) is 0 Å². The highest BCUT2D eigenvalue weighted by Gasteiger charge is 2.26. The summed E-state index contributed by atoms with van der Waals surface area (Å²) in [5, 5.41) is 11.9. The number of nitrogens with one attached hydrogen (secondary N) is 1. The van der Waals surface area contributed by atoms with Crippen molar-refractivity contribution in [1.82, 2.24) is 14.8 Å². The van der Waals surface area contributed by atoms with Gasteiger partial charge in [0.15, 0.2) is 0 Å². The maximum Gasteiger partial charge on any atom is 0.201 e. The first-order valence-corrected chi connectivity index (χ1v) is 7.59. The Labute approximate surface area is 135 Å². The molecular formula is C16H21N5O2. The number of rotatable bonds is 3. The third-order valence-corrected chi connectivity index (χ3v) is 3.29. The molecule has 0 spiro atoms. The molecule has 0 amide bonds. The smallest absolute Gasteiger partial charge is 0.201 e. The van der Waals surface area contributed by atoms with Crippen LogP contribution in [0.15, 0.2) is 36.0 Å². The number of hydrogen-bond donors (Lipinski definition) is 1. The van der Waals surface area contributed by atoms with Crippen molar-refractivity contribution in [2.75, 3.05) is 11.9 Å². The van der Waals surface area contributed by atoms with E-state index in [0.717, 1.165) is 17.0 Å². The number of anilines is 1. The first-order valence-electron chi connectivity index (χ1n) is 7.59. The quantitative estimate of drug-likeness (QED) is 0.535. The van der Waals surface area contributed by atoms with E-state index in [1.807, 2.05) is 32.0 Å². The van der Waals surface area contributed by atoms with Gasteiger partial charge in [0.05, 0.1) is 11.2 Å². The molecule has 1 aliphatic heterocycles. The van der Waals surface area contributed by atoms with Crippen LogP contribution in [0.4, 0.5) is 5.69 Å². The van der Waals surface area contributed by atoms with E-state index < -0.39 is 0 Å². The summed E-state index contributed by atoms with van der Waals surface area (Å²) in [6.07, 6.45) is 3.04. The molecule has 7 heteroatoms. The third kappa shape index (κ3) is 3.44. The third-order valence-electron chi connectivity index (χ3n) is 3.29. The Balaban J connectivity index is 1.99. The van der Waals surface area contributed by atoms with Crippen molar-refractivity contribution >= 4 is 11.5 Å². The van der Waals surface area contributed by atoms with E-state index in [1.165, 1.54) is 6.33 Å². The SMILES string of the molecule is CC(C)O/N=C(/c1ccc2c(c1)NC(C)(C)CO2)n1cncn1. The molecule has 0 atom stereocenters. The summed E-state index contributed by atoms with van der Waals surface area (Å²) in [5.41, 5.74) is 1.67. The molecule has 0 radical (unpaired) electrons. The first-order chi connectivity index (χ1) is 10.9. The van der Waals surface area contributed by atoms with E-state index in [0.29, 0.717) is 12.4 Å². The molecule has 7 nitrogen and oxygen atoms in total. The Bertz CT molecular complexity index is 707. The molecular weight excluding hydrogens is 294 g/mol. The normalized spacial score (nSPS) is 16.5. The molecule has 1 aromatic heterocycles. The van der Waals surface area contributed by atoms with Crippen molar-refractivity contribution in [2.45, 2.75) is 39.3 Å². The Morgan fingerprint density at radius 3 is 2.96 bits per heavy atom. The molecule has 1 aromatic carbocycles. The highest BCUT2D eigenvalue weighted by Crippen LogP contribution is 2.33. The van der Waals surface area contributed by atoms with Crippen LogP contribution in [0.25, 0.3) is 0 Å². The van der Waals surface area contributed by atoms with Crippen molar-refractivity contribution in [3.05, 3.63) is 36.4 Å². The second-order valence-electron chi connectivity index (χ2n) is 6.42. The van der Waals surface area contributed by atoms with Crippen LogP contribution < -0.4 is 10.1 Å². The molecule has 3 rings (SSSR count). The predicted molar refractivity (Wildman–Crippen MR) is 87.8 cm³/mol. The van der Waals surface area contributed by atoms with Crippen molar-refractivity contribution in [2.24, 2.45) is 5.16 Å². The fourth-order valence-electron chi connectivity index (χ4n) is 2.25. The molecule has 1 aliphatic rings. The molecule has 122 valence electrons. The number of nitrogens with zero attached hydrogens (tertiary/aromatic N) is 4. The van der Waals surface area contributed by atoms with Crippen LogP contribution in [0.5, 0.6) is 5.75 Å². The number of oxime groups is 1. The van der Waals surface area contributed by atoms with Gasteiger partial charge in [-0.25, -0.2) is 4.98 Å². The average molecular weight is 315 g/mol. The maximum atomic E-state index is 5.79. The Morgan fingerprint density at radius 2 is 2.26 bits per heavy atom. The van der Waals surface area contributed by atoms with Gasteiger partial charge in [0, 0.05) is 5.56 Å². The summed E-state index contributed by atoms with van der Waals surface area (Å²) in [6, 6.07) is 5.85. The van der Waals surface area contributed by atoms with Crippen LogP contribution in [0.1, 0.15) is 33.3 Å². The molecule has 2 aromatic rings. The standard InChI is InChI=1S/C16H21N5O2/c1-11(2)23-20-15(21-10-17-9-18-21)12-5-6-14-13(7-12)19-16(3,4)8-22-14/h5-7,9-11,19H,8H2,1-4H3/b20-15-. The van der Waals surface area contributed by atoms with Crippen molar-refractivity contribution < 1.29 is 9.57 Å². The van der Waals surface area contributed by atoms with E-state index in [9.17, 15) is 0 Å². The van der Waals surface area contributed by atoms with Gasteiger partial charge >= 0.3 is 0 Å². The fourth-order valence-corrected chi connectivity index (χ4v) is 2.25. The number of ether oxygens (including phenoxy) is 1. The van der Waals surface area contributed by atoms with Gasteiger partial charge in [0.25, 0.3) is 0 Å². The molecule has 1 N–H and O–H groups in total. The number of benzene rings is 1. The lowest BCUT2D eigenvalue weighted by atomic mass is 10.0. The van der Waals surface area contributed by atoms with Crippen molar-refractivity contribution in [3.63, 3.8) is 0 Å². The largest absolute Gasteiger partial charge is 0.489 e. The minimum atomic E-state index is -0.120. The van der Waals surface area contributed by atoms with Crippen LogP contribution in [-0.4, -0.2) is 38.8 Å². The van der Waals surface area contributed by atoms with Gasteiger partial charge in [-0.2, -0.15) is 9.78 Å². The van der Waals surface area contributed by atoms with E-state index in [4.69, 9.17) is 9.57 Å². The van der Waals surface area contributed by atoms with Gasteiger partial charge < -0.3 is 14.9 Å². The molecule has 0 saturated carbocycles. The van der Waals surface area contributed by atoms with Crippen LogP contribution in [-0.2, 0) is 4.84 Å². The van der Waals surface area contributed by atoms with Crippen LogP contribution in [0.3, 0.4) is 0 Å². The monoisotopic (exact) mass is 315 g/mol. The second-order valence-corrected chi connectivity index (χ2v) is 6.42. The summed E-state index contributed by atoms with van der Waals surface area (Å²) < 4.78 is 7.38. The summed E-state index contributed by atoms with van der Waals surface area (Å²) in [5.74, 6) is 1.40. The van der Waals surface area contributed by atoms with Gasteiger partial charge in [-0.15, -0.1) is 0 Å². The minimum absolute atomic E-state index is 0.0217. The van der Waals surface area contributed by atoms with Gasteiger partial charge in [0.2, 0.25) is 5.84 Å². The molecule has 0 aliphatic carbocycles. The number of hydrogen-bond acceptors (Lipinski definition) is 6. The average Bonchev–Trinajstić information content (AvgIpc) is 3.00. The lowest BCUT2D eigenvalue weighted by Gasteiger charge is -2.33. The molecule has 2 heterocycles. The zero-order chi connectivity index (χ0) is 16.4. The van der Waals surface area contributed by atoms with E-state index in [1.54, 1.807) is 11.0 Å². The lowest BCUT2D eigenvalue weighted by molar-refractivity contribution is 0.0851. The Hall–Kier alpha value is -2.57. The van der Waals surface area contributed by atoms with Crippen LogP contribution in [0, 0.1) is 0 Å². The highest BCUT2D eigenvalue weighted by molar-refractivity contribution is 6.00. The summed E-state index contributed by atoms with van der Waals surface area (Å²) in [4.78, 5) is 9.40. The van der Waals surface area contributed by atoms with E-state index in [2.05, 4.69) is 34.4 Å². The van der Waals surface area contributed by atoms with Crippen LogP contribution >= 0.6 is 0 Å². The molecule has 0 bridgehead atoms. The maximum absolute atomic E-state index is 5.79. The Morgan fingerprint density at radius 1 is 1.43 bits per heavy atom. The first kappa shape index (κ1) is 15.3. The zero-order valence-corrected chi connectivity index (χ0v) is 13.8. The minimum Gasteiger partial charge on any atom is -0.489 e. The summed E-state index contributed by atoms with van der Waals surface area (Å²) >= 11 is 0. The number of aromatic nitrogens is 3. The van der Waals surface area contributed by atoms with Gasteiger partial charge in [-0.1, -0.05) is 5.16 Å². The van der Waals surface area contributed by atoms with Crippen molar-refractivity contribution in [1.29, 1.82) is 0 Å².